The molecule has 0 aromatic heterocycles. The minimum absolute atomic E-state index is 0.287. The lowest BCUT2D eigenvalue weighted by Crippen LogP contribution is -2.43. The van der Waals surface area contributed by atoms with Crippen molar-refractivity contribution in [2.75, 3.05) is 37.7 Å². The van der Waals surface area contributed by atoms with E-state index >= 15 is 0 Å². The van der Waals surface area contributed by atoms with Crippen LogP contribution in [-0.4, -0.2) is 38.8 Å². The van der Waals surface area contributed by atoms with Crippen LogP contribution in [0.25, 0.3) is 0 Å². The molecule has 2 aromatic rings. The number of anilines is 1. The van der Waals surface area contributed by atoms with E-state index in [-0.39, 0.29) is 6.61 Å². The molecule has 26 heavy (non-hydrogen) atoms. The maximum absolute atomic E-state index is 12.3. The Bertz CT molecular complexity index is 792. The molecule has 0 aliphatic carbocycles. The van der Waals surface area contributed by atoms with Crippen molar-refractivity contribution in [1.29, 1.82) is 0 Å². The van der Waals surface area contributed by atoms with Gasteiger partial charge < -0.3 is 19.7 Å². The molecule has 0 amide bonds. The molecule has 1 aliphatic heterocycles. The molecular weight excluding hydrogens is 375 g/mol. The van der Waals surface area contributed by atoms with Gasteiger partial charge in [0.1, 0.15) is 17.1 Å². The van der Waals surface area contributed by atoms with Crippen LogP contribution in [0.2, 0.25) is 10.0 Å². The fraction of sp³-hybridized carbons (Fsp3) is 0.316. The van der Waals surface area contributed by atoms with Gasteiger partial charge in [-0.05, 0) is 31.2 Å². The number of hydrogen-bond donors (Lipinski definition) is 1. The van der Waals surface area contributed by atoms with Gasteiger partial charge in [-0.1, -0.05) is 23.2 Å². The second-order valence-electron chi connectivity index (χ2n) is 5.81. The summed E-state index contributed by atoms with van der Waals surface area (Å²) in [5.41, 5.74) is 1.33. The molecule has 138 valence electrons. The molecule has 0 spiro atoms. The fourth-order valence-electron chi connectivity index (χ4n) is 2.77. The molecule has 1 heterocycles. The van der Waals surface area contributed by atoms with Crippen LogP contribution in [0.15, 0.2) is 36.4 Å². The molecule has 1 N–H and O–H groups in total. The Morgan fingerprint density at radius 1 is 1.12 bits per heavy atom. The van der Waals surface area contributed by atoms with Gasteiger partial charge in [-0.15, -0.1) is 0 Å². The van der Waals surface area contributed by atoms with Crippen LogP contribution >= 0.6 is 23.2 Å². The molecule has 1 aliphatic rings. The van der Waals surface area contributed by atoms with E-state index in [1.807, 2.05) is 12.1 Å². The van der Waals surface area contributed by atoms with E-state index in [2.05, 4.69) is 10.2 Å². The Kier molecular flexibility index (Phi) is 6.25. The standard InChI is InChI=1S/C19H20Cl2N2O3/c1-2-25-19(24)15-5-4-14(23-9-7-22-8-10-23)12-17(15)26-18-11-13(20)3-6-16(18)21/h3-6,11-12,22H,2,7-10H2,1H3. The molecule has 0 atom stereocenters. The number of ether oxygens (including phenoxy) is 2. The average molecular weight is 395 g/mol. The number of carbonyl (C=O) groups is 1. The molecule has 5 nitrogen and oxygen atoms in total. The fourth-order valence-corrected chi connectivity index (χ4v) is 3.08. The number of esters is 1. The molecule has 3 rings (SSSR count). The van der Waals surface area contributed by atoms with Crippen LogP contribution in [0.1, 0.15) is 17.3 Å². The maximum Gasteiger partial charge on any atom is 0.341 e. The van der Waals surface area contributed by atoms with E-state index < -0.39 is 5.97 Å². The topological polar surface area (TPSA) is 50.8 Å². The zero-order valence-electron chi connectivity index (χ0n) is 14.4. The van der Waals surface area contributed by atoms with Crippen LogP contribution in [0.5, 0.6) is 11.5 Å². The third-order valence-corrected chi connectivity index (χ3v) is 4.60. The number of piperazine rings is 1. The van der Waals surface area contributed by atoms with E-state index in [1.54, 1.807) is 31.2 Å². The summed E-state index contributed by atoms with van der Waals surface area (Å²) in [6, 6.07) is 10.4. The van der Waals surface area contributed by atoms with Gasteiger partial charge in [0.15, 0.2) is 0 Å². The summed E-state index contributed by atoms with van der Waals surface area (Å²) in [6.07, 6.45) is 0. The summed E-state index contributed by atoms with van der Waals surface area (Å²) in [5.74, 6) is 0.346. The van der Waals surface area contributed by atoms with E-state index in [0.717, 1.165) is 31.9 Å². The predicted octanol–water partition coefficient (Wildman–Crippen LogP) is 4.37. The Balaban J connectivity index is 1.97. The number of carbonyl (C=O) groups excluding carboxylic acids is 1. The zero-order chi connectivity index (χ0) is 18.5. The quantitative estimate of drug-likeness (QED) is 0.762. The number of rotatable bonds is 5. The first kappa shape index (κ1) is 18.8. The second kappa shape index (κ2) is 8.62. The Morgan fingerprint density at radius 2 is 1.88 bits per heavy atom. The highest BCUT2D eigenvalue weighted by Gasteiger charge is 2.19. The molecule has 7 heteroatoms. The number of nitrogens with zero attached hydrogens (tertiary/aromatic N) is 1. The van der Waals surface area contributed by atoms with Crippen molar-refractivity contribution < 1.29 is 14.3 Å². The first-order chi connectivity index (χ1) is 12.6. The minimum Gasteiger partial charge on any atom is -0.462 e. The van der Waals surface area contributed by atoms with E-state index in [4.69, 9.17) is 32.7 Å². The van der Waals surface area contributed by atoms with Gasteiger partial charge in [-0.25, -0.2) is 4.79 Å². The van der Waals surface area contributed by atoms with Crippen LogP contribution in [0.4, 0.5) is 5.69 Å². The third-order valence-electron chi connectivity index (χ3n) is 4.06. The number of nitrogens with one attached hydrogen (secondary N) is 1. The summed E-state index contributed by atoms with van der Waals surface area (Å²) < 4.78 is 11.1. The molecular formula is C19H20Cl2N2O3. The summed E-state index contributed by atoms with van der Waals surface area (Å²) >= 11 is 12.3. The van der Waals surface area contributed by atoms with Crippen molar-refractivity contribution in [3.8, 4) is 11.5 Å². The smallest absolute Gasteiger partial charge is 0.341 e. The average Bonchev–Trinajstić information content (AvgIpc) is 2.65. The SMILES string of the molecule is CCOC(=O)c1ccc(N2CCNCC2)cc1Oc1cc(Cl)ccc1Cl. The van der Waals surface area contributed by atoms with Gasteiger partial charge in [0.25, 0.3) is 0 Å². The Hall–Kier alpha value is -1.95. The summed E-state index contributed by atoms with van der Waals surface area (Å²) in [6.45, 7) is 5.65. The first-order valence-corrected chi connectivity index (χ1v) is 9.24. The van der Waals surface area contributed by atoms with Crippen molar-refractivity contribution in [3.63, 3.8) is 0 Å². The Labute approximate surface area is 162 Å². The molecule has 1 fully saturated rings. The third kappa shape index (κ3) is 4.41. The summed E-state index contributed by atoms with van der Waals surface area (Å²) in [4.78, 5) is 14.5. The van der Waals surface area contributed by atoms with E-state index in [1.165, 1.54) is 0 Å². The van der Waals surface area contributed by atoms with Gasteiger partial charge in [-0.2, -0.15) is 0 Å². The normalized spacial score (nSPS) is 14.2. The zero-order valence-corrected chi connectivity index (χ0v) is 15.9. The highest BCUT2D eigenvalue weighted by molar-refractivity contribution is 6.34. The lowest BCUT2D eigenvalue weighted by atomic mass is 10.1. The van der Waals surface area contributed by atoms with Gasteiger partial charge in [0.05, 0.1) is 11.6 Å². The molecule has 1 saturated heterocycles. The summed E-state index contributed by atoms with van der Waals surface area (Å²) in [7, 11) is 0. The second-order valence-corrected chi connectivity index (χ2v) is 6.66. The highest BCUT2D eigenvalue weighted by Crippen LogP contribution is 2.35. The predicted molar refractivity (Wildman–Crippen MR) is 104 cm³/mol. The van der Waals surface area contributed by atoms with Crippen LogP contribution in [-0.2, 0) is 4.74 Å². The van der Waals surface area contributed by atoms with Gasteiger partial charge in [0.2, 0.25) is 0 Å². The van der Waals surface area contributed by atoms with Crippen LogP contribution in [0.3, 0.4) is 0 Å². The van der Waals surface area contributed by atoms with Crippen LogP contribution < -0.4 is 15.0 Å². The minimum atomic E-state index is -0.437. The van der Waals surface area contributed by atoms with Crippen LogP contribution in [0, 0.1) is 0 Å². The molecule has 0 saturated carbocycles. The number of hydrogen-bond acceptors (Lipinski definition) is 5. The molecule has 2 aromatic carbocycles. The largest absolute Gasteiger partial charge is 0.462 e. The van der Waals surface area contributed by atoms with Gasteiger partial charge in [-0.3, -0.25) is 0 Å². The molecule has 0 bridgehead atoms. The van der Waals surface area contributed by atoms with Gasteiger partial charge >= 0.3 is 5.97 Å². The number of halogens is 2. The van der Waals surface area contributed by atoms with Gasteiger partial charge in [0, 0.05) is 49.0 Å². The first-order valence-electron chi connectivity index (χ1n) is 8.48. The van der Waals surface area contributed by atoms with E-state index in [9.17, 15) is 4.79 Å². The van der Waals surface area contributed by atoms with Crippen molar-refractivity contribution in [2.24, 2.45) is 0 Å². The molecule has 0 radical (unpaired) electrons. The lowest BCUT2D eigenvalue weighted by Gasteiger charge is -2.30. The monoisotopic (exact) mass is 394 g/mol. The lowest BCUT2D eigenvalue weighted by molar-refractivity contribution is 0.0523. The molecule has 0 unspecified atom stereocenters. The maximum atomic E-state index is 12.3. The Morgan fingerprint density at radius 3 is 2.62 bits per heavy atom. The number of benzene rings is 2. The summed E-state index contributed by atoms with van der Waals surface area (Å²) in [5, 5.41) is 4.23. The highest BCUT2D eigenvalue weighted by atomic mass is 35.5. The van der Waals surface area contributed by atoms with Crippen molar-refractivity contribution >= 4 is 34.9 Å². The van der Waals surface area contributed by atoms with E-state index in [0.29, 0.717) is 27.1 Å². The van der Waals surface area contributed by atoms with Crippen molar-refractivity contribution in [2.45, 2.75) is 6.92 Å². The van der Waals surface area contributed by atoms with Crippen molar-refractivity contribution in [1.82, 2.24) is 5.32 Å². The van der Waals surface area contributed by atoms with Crippen molar-refractivity contribution in [3.05, 3.63) is 52.0 Å².